The van der Waals surface area contributed by atoms with Crippen LogP contribution in [0.15, 0.2) is 30.3 Å². The molecule has 3 nitrogen and oxygen atoms in total. The van der Waals surface area contributed by atoms with Crippen LogP contribution >= 0.6 is 0 Å². The lowest BCUT2D eigenvalue weighted by Gasteiger charge is -2.46. The van der Waals surface area contributed by atoms with E-state index >= 15 is 0 Å². The lowest BCUT2D eigenvalue weighted by atomic mass is 9.81. The van der Waals surface area contributed by atoms with Crippen LogP contribution in [0.3, 0.4) is 0 Å². The topological polar surface area (TPSA) is 29.5 Å². The Bertz CT molecular complexity index is 445. The summed E-state index contributed by atoms with van der Waals surface area (Å²) in [6.07, 6.45) is 1.96. The van der Waals surface area contributed by atoms with Crippen LogP contribution in [0.1, 0.15) is 25.3 Å². The molecule has 0 spiro atoms. The van der Waals surface area contributed by atoms with E-state index in [0.717, 1.165) is 32.6 Å². The minimum atomic E-state index is 0.131. The van der Waals surface area contributed by atoms with Gasteiger partial charge < -0.3 is 9.64 Å². The molecule has 1 aromatic carbocycles. The van der Waals surface area contributed by atoms with Gasteiger partial charge in [0, 0.05) is 31.0 Å². The van der Waals surface area contributed by atoms with E-state index in [0.29, 0.717) is 17.9 Å². The molecule has 2 aliphatic heterocycles. The molecule has 3 heteroatoms. The summed E-state index contributed by atoms with van der Waals surface area (Å²) >= 11 is 0. The van der Waals surface area contributed by atoms with Gasteiger partial charge in [-0.2, -0.15) is 0 Å². The third-order valence-electron chi connectivity index (χ3n) is 4.39. The molecule has 2 saturated heterocycles. The van der Waals surface area contributed by atoms with E-state index in [9.17, 15) is 4.79 Å². The zero-order valence-corrected chi connectivity index (χ0v) is 11.4. The lowest BCUT2D eigenvalue weighted by molar-refractivity contribution is -0.151. The molecule has 0 bridgehead atoms. The molecule has 1 aromatic rings. The molecular weight excluding hydrogens is 238 g/mol. The predicted octanol–water partition coefficient (Wildman–Crippen LogP) is 2.46. The first-order valence-corrected chi connectivity index (χ1v) is 7.18. The molecule has 0 radical (unpaired) electrons. The normalized spacial score (nSPS) is 31.1. The third-order valence-corrected chi connectivity index (χ3v) is 4.39. The first kappa shape index (κ1) is 12.7. The molecule has 102 valence electrons. The van der Waals surface area contributed by atoms with Gasteiger partial charge >= 0.3 is 0 Å². The van der Waals surface area contributed by atoms with Crippen molar-refractivity contribution in [1.29, 1.82) is 0 Å². The summed E-state index contributed by atoms with van der Waals surface area (Å²) in [4.78, 5) is 14.6. The van der Waals surface area contributed by atoms with E-state index in [1.54, 1.807) is 0 Å². The van der Waals surface area contributed by atoms with Crippen LogP contribution in [0.2, 0.25) is 0 Å². The van der Waals surface area contributed by atoms with Crippen LogP contribution in [0, 0.1) is 11.8 Å². The van der Waals surface area contributed by atoms with E-state index in [1.165, 1.54) is 5.56 Å². The molecule has 19 heavy (non-hydrogen) atoms. The van der Waals surface area contributed by atoms with Gasteiger partial charge in [0.05, 0.1) is 6.61 Å². The van der Waals surface area contributed by atoms with Gasteiger partial charge in [-0.1, -0.05) is 37.3 Å². The Labute approximate surface area is 114 Å². The minimum absolute atomic E-state index is 0.131. The molecule has 2 aliphatic rings. The zero-order valence-electron chi connectivity index (χ0n) is 11.4. The molecule has 3 rings (SSSR count). The molecule has 0 aliphatic carbocycles. The van der Waals surface area contributed by atoms with Crippen molar-refractivity contribution in [2.75, 3.05) is 13.2 Å². The highest BCUT2D eigenvalue weighted by Crippen LogP contribution is 2.34. The van der Waals surface area contributed by atoms with Crippen molar-refractivity contribution in [2.24, 2.45) is 11.8 Å². The fourth-order valence-corrected chi connectivity index (χ4v) is 3.40. The Hall–Kier alpha value is -1.35. The number of fused-ring (bicyclic) bond motifs is 1. The number of benzene rings is 1. The number of hydrogen-bond acceptors (Lipinski definition) is 2. The fourth-order valence-electron chi connectivity index (χ4n) is 3.40. The molecule has 2 fully saturated rings. The number of likely N-dealkylation sites (tertiary alicyclic amines) is 1. The van der Waals surface area contributed by atoms with Crippen LogP contribution < -0.4 is 0 Å². The number of piperidine rings is 1. The standard InChI is InChI=1S/C16H21NO2/c1-12-9-14-11-19-8-7-15(14)17(16(12)18)10-13-5-3-2-4-6-13/h2-6,12,14-15H,7-11H2,1H3/t12?,14-,15+/m1/s1. The van der Waals surface area contributed by atoms with E-state index in [1.807, 2.05) is 25.1 Å². The van der Waals surface area contributed by atoms with Crippen molar-refractivity contribution < 1.29 is 9.53 Å². The van der Waals surface area contributed by atoms with Crippen molar-refractivity contribution in [2.45, 2.75) is 32.4 Å². The second-order valence-corrected chi connectivity index (χ2v) is 5.78. The Morgan fingerprint density at radius 1 is 1.32 bits per heavy atom. The van der Waals surface area contributed by atoms with Crippen LogP contribution in [0.25, 0.3) is 0 Å². The van der Waals surface area contributed by atoms with E-state index in [4.69, 9.17) is 4.74 Å². The average Bonchev–Trinajstić information content (AvgIpc) is 2.45. The Morgan fingerprint density at radius 2 is 2.11 bits per heavy atom. The van der Waals surface area contributed by atoms with Crippen molar-refractivity contribution in [3.63, 3.8) is 0 Å². The Balaban J connectivity index is 1.81. The maximum Gasteiger partial charge on any atom is 0.225 e. The fraction of sp³-hybridized carbons (Fsp3) is 0.562. The Kier molecular flexibility index (Phi) is 3.56. The highest BCUT2D eigenvalue weighted by atomic mass is 16.5. The highest BCUT2D eigenvalue weighted by molar-refractivity contribution is 5.79. The zero-order chi connectivity index (χ0) is 13.2. The van der Waals surface area contributed by atoms with E-state index in [-0.39, 0.29) is 5.92 Å². The first-order valence-electron chi connectivity index (χ1n) is 7.18. The largest absolute Gasteiger partial charge is 0.381 e. The highest BCUT2D eigenvalue weighted by Gasteiger charge is 2.41. The van der Waals surface area contributed by atoms with Gasteiger partial charge in [-0.25, -0.2) is 0 Å². The van der Waals surface area contributed by atoms with E-state index < -0.39 is 0 Å². The molecule has 1 amide bonds. The molecule has 0 aromatic heterocycles. The van der Waals surface area contributed by atoms with Crippen LogP contribution in [0.4, 0.5) is 0 Å². The number of rotatable bonds is 2. The molecule has 1 unspecified atom stereocenters. The number of ether oxygens (including phenoxy) is 1. The summed E-state index contributed by atoms with van der Waals surface area (Å²) in [6, 6.07) is 10.7. The molecule has 3 atom stereocenters. The summed E-state index contributed by atoms with van der Waals surface area (Å²) < 4.78 is 5.58. The first-order chi connectivity index (χ1) is 9.25. The van der Waals surface area contributed by atoms with Crippen molar-refractivity contribution >= 4 is 5.91 Å². The SMILES string of the molecule is CC1C[C@@H]2COCC[C@@H]2N(Cc2ccccc2)C1=O. The van der Waals surface area contributed by atoms with E-state index in [2.05, 4.69) is 17.0 Å². The summed E-state index contributed by atoms with van der Waals surface area (Å²) in [5, 5.41) is 0. The van der Waals surface area contributed by atoms with Gasteiger partial charge in [0.1, 0.15) is 0 Å². The van der Waals surface area contributed by atoms with Gasteiger partial charge in [0.15, 0.2) is 0 Å². The van der Waals surface area contributed by atoms with Crippen molar-refractivity contribution in [3.05, 3.63) is 35.9 Å². The second kappa shape index (κ2) is 5.33. The van der Waals surface area contributed by atoms with Gasteiger partial charge in [-0.05, 0) is 18.4 Å². The molecular formula is C16H21NO2. The summed E-state index contributed by atoms with van der Waals surface area (Å²) in [5.74, 6) is 0.962. The number of amides is 1. The molecule has 0 saturated carbocycles. The van der Waals surface area contributed by atoms with Crippen LogP contribution in [-0.4, -0.2) is 30.1 Å². The minimum Gasteiger partial charge on any atom is -0.381 e. The Morgan fingerprint density at radius 3 is 2.89 bits per heavy atom. The third kappa shape index (κ3) is 2.52. The number of nitrogens with zero attached hydrogens (tertiary/aromatic N) is 1. The maximum atomic E-state index is 12.5. The van der Waals surface area contributed by atoms with Crippen molar-refractivity contribution in [3.8, 4) is 0 Å². The molecule has 2 heterocycles. The smallest absolute Gasteiger partial charge is 0.225 e. The summed E-state index contributed by atoms with van der Waals surface area (Å²) in [7, 11) is 0. The van der Waals surface area contributed by atoms with Gasteiger partial charge in [0.2, 0.25) is 5.91 Å². The second-order valence-electron chi connectivity index (χ2n) is 5.78. The predicted molar refractivity (Wildman–Crippen MR) is 73.5 cm³/mol. The number of carbonyl (C=O) groups excluding carboxylic acids is 1. The number of hydrogen-bond donors (Lipinski definition) is 0. The number of carbonyl (C=O) groups is 1. The molecule has 0 N–H and O–H groups in total. The summed E-state index contributed by atoms with van der Waals surface area (Å²) in [6.45, 7) is 4.39. The summed E-state index contributed by atoms with van der Waals surface area (Å²) in [5.41, 5.74) is 1.22. The van der Waals surface area contributed by atoms with Gasteiger partial charge in [-0.3, -0.25) is 4.79 Å². The van der Waals surface area contributed by atoms with Crippen LogP contribution in [0.5, 0.6) is 0 Å². The lowest BCUT2D eigenvalue weighted by Crippen LogP contribution is -2.54. The van der Waals surface area contributed by atoms with Crippen molar-refractivity contribution in [1.82, 2.24) is 4.90 Å². The van der Waals surface area contributed by atoms with Crippen LogP contribution in [-0.2, 0) is 16.1 Å². The van der Waals surface area contributed by atoms with Gasteiger partial charge in [0.25, 0.3) is 0 Å². The quantitative estimate of drug-likeness (QED) is 0.816. The maximum absolute atomic E-state index is 12.5. The monoisotopic (exact) mass is 259 g/mol. The average molecular weight is 259 g/mol. The van der Waals surface area contributed by atoms with Gasteiger partial charge in [-0.15, -0.1) is 0 Å².